The van der Waals surface area contributed by atoms with Gasteiger partial charge in [0.2, 0.25) is 0 Å². The van der Waals surface area contributed by atoms with E-state index in [0.29, 0.717) is 0 Å². The van der Waals surface area contributed by atoms with Gasteiger partial charge in [-0.3, -0.25) is 4.99 Å². The molecule has 8 nitrogen and oxygen atoms in total. The van der Waals surface area contributed by atoms with E-state index >= 15 is 0 Å². The summed E-state index contributed by atoms with van der Waals surface area (Å²) in [6, 6.07) is 21.2. The Bertz CT molecular complexity index is 2490. The van der Waals surface area contributed by atoms with Gasteiger partial charge < -0.3 is 10.3 Å². The molecular weight excluding hydrogens is 695 g/mol. The van der Waals surface area contributed by atoms with Gasteiger partial charge in [0.1, 0.15) is 28.2 Å². The third kappa shape index (κ3) is 6.39. The first-order valence-electron chi connectivity index (χ1n) is 17.5. The summed E-state index contributed by atoms with van der Waals surface area (Å²) >= 11 is 0. The number of hydrogen-bond acceptors (Lipinski definition) is 2. The van der Waals surface area contributed by atoms with Crippen LogP contribution in [0.1, 0.15) is 39.6 Å². The van der Waals surface area contributed by atoms with Crippen molar-refractivity contribution in [1.82, 2.24) is 4.98 Å². The number of pyridine rings is 4. The van der Waals surface area contributed by atoms with Crippen LogP contribution >= 0.6 is 0 Å². The zero-order chi connectivity index (χ0) is 35.3. The molecule has 2 atom stereocenters. The second kappa shape index (κ2) is 13.8. The molecule has 9 heteroatoms. The van der Waals surface area contributed by atoms with Gasteiger partial charge in [-0.25, -0.2) is 23.3 Å². The molecule has 0 aromatic carbocycles. The van der Waals surface area contributed by atoms with E-state index in [9.17, 15) is 0 Å². The maximum Gasteiger partial charge on any atom is 2.00 e. The minimum atomic E-state index is -0.169. The summed E-state index contributed by atoms with van der Waals surface area (Å²) in [4.78, 5) is 16.1. The third-order valence-corrected chi connectivity index (χ3v) is 10.0. The molecule has 5 aromatic rings. The number of hydrogen-bond donors (Lipinski definition) is 0. The van der Waals surface area contributed by atoms with E-state index in [-0.39, 0.29) is 29.0 Å². The molecule has 257 valence electrons. The molecule has 1 radical (unpaired) electrons. The molecule has 8 bridgehead atoms. The minimum absolute atomic E-state index is 0. The zero-order valence-electron chi connectivity index (χ0n) is 30.0. The molecule has 9 heterocycles. The van der Waals surface area contributed by atoms with Gasteiger partial charge in [-0.2, -0.15) is 0 Å². The monoisotopic (exact) mass is 733 g/mol. The molecule has 4 aliphatic heterocycles. The number of fused-ring (bicyclic) bond motifs is 6. The van der Waals surface area contributed by atoms with Crippen LogP contribution in [0.25, 0.3) is 22.0 Å². The predicted octanol–water partition coefficient (Wildman–Crippen LogP) is 5.00. The average molecular weight is 734 g/mol. The van der Waals surface area contributed by atoms with Crippen molar-refractivity contribution in [2.45, 2.75) is 12.0 Å². The molecule has 0 spiro atoms. The topological polar surface area (TPSA) is 68.4 Å². The summed E-state index contributed by atoms with van der Waals surface area (Å²) in [5.74, 6) is -0.105. The fraction of sp³-hybridized carbons (Fsp3) is 0.136. The van der Waals surface area contributed by atoms with Crippen LogP contribution in [-0.2, 0) is 45.3 Å². The molecule has 0 saturated heterocycles. The van der Waals surface area contributed by atoms with E-state index < -0.39 is 0 Å². The molecule has 0 amide bonds. The first-order chi connectivity index (χ1) is 25.4. The molecule has 2 unspecified atom stereocenters. The van der Waals surface area contributed by atoms with E-state index in [0.717, 1.165) is 78.9 Å². The largest absolute Gasteiger partial charge is 2.00 e. The smallest absolute Gasteiger partial charge is 0.677 e. The molecule has 0 fully saturated rings. The standard InChI is InChI=1S/C44H38N8.Mn/c1-49-21-13-29(14-22-49)41-33-5-7-35(45-33)42(30-15-23-50(2)24-16-30)37-9-11-39(47-37)44(32-19-27-52(4)28-20-32)40-12-10-38(48-40)43(36-8-6-34(41)46-36)31-17-25-51(3)26-18-31;/h5-28,33,41H,1-4H3;/q2*+2. The van der Waals surface area contributed by atoms with Crippen molar-refractivity contribution in [1.29, 1.82) is 0 Å². The predicted molar refractivity (Wildman–Crippen MR) is 201 cm³/mol. The summed E-state index contributed by atoms with van der Waals surface area (Å²) in [5, 5.41) is 5.47. The van der Waals surface area contributed by atoms with E-state index in [2.05, 4.69) is 151 Å². The Morgan fingerprint density at radius 1 is 0.509 bits per heavy atom. The second-order valence-electron chi connectivity index (χ2n) is 13.7. The van der Waals surface area contributed by atoms with Crippen LogP contribution in [0.5, 0.6) is 0 Å². The van der Waals surface area contributed by atoms with E-state index in [1.807, 2.05) is 41.9 Å². The molecule has 9 rings (SSSR count). The minimum Gasteiger partial charge on any atom is -0.677 e. The fourth-order valence-corrected chi connectivity index (χ4v) is 7.29. The van der Waals surface area contributed by atoms with E-state index in [1.165, 1.54) is 0 Å². The number of rotatable bonds is 4. The Hall–Kier alpha value is -6.02. The van der Waals surface area contributed by atoms with Crippen molar-refractivity contribution < 1.29 is 35.3 Å². The van der Waals surface area contributed by atoms with Crippen LogP contribution in [0.2, 0.25) is 0 Å². The van der Waals surface area contributed by atoms with Gasteiger partial charge in [0.15, 0.2) is 49.6 Å². The summed E-state index contributed by atoms with van der Waals surface area (Å²) < 4.78 is 8.19. The fourth-order valence-electron chi connectivity index (χ4n) is 7.29. The van der Waals surface area contributed by atoms with Gasteiger partial charge in [0, 0.05) is 60.2 Å². The van der Waals surface area contributed by atoms with Crippen LogP contribution < -0.4 is 23.3 Å². The summed E-state index contributed by atoms with van der Waals surface area (Å²) in [5.41, 5.74) is 13.4. The van der Waals surface area contributed by atoms with Gasteiger partial charge in [-0.15, -0.1) is 17.1 Å². The van der Waals surface area contributed by atoms with E-state index in [4.69, 9.17) is 20.3 Å². The summed E-state index contributed by atoms with van der Waals surface area (Å²) in [6.07, 6.45) is 29.5. The number of allylic oxidation sites excluding steroid dienone is 6. The SMILES string of the molecule is C[n+]1ccc(/C2=C3\C=CC([N-]3)C(c3cc[n+](C)cc3)C3=N/C(=C(/c4cc[n+](C)cc4)c4ccc([n-]4)/C(c4cc[n+](C)cc4)=C4/C=CC2=N4)C=C3)cc1.[Mn+2]. The molecular formula is C44H38MnN8+4. The molecule has 0 aliphatic carbocycles. The van der Waals surface area contributed by atoms with Crippen LogP contribution in [0.4, 0.5) is 0 Å². The maximum absolute atomic E-state index is 5.47. The zero-order valence-corrected chi connectivity index (χ0v) is 31.1. The van der Waals surface area contributed by atoms with Crippen molar-refractivity contribution in [3.63, 3.8) is 0 Å². The van der Waals surface area contributed by atoms with Crippen molar-refractivity contribution in [2.24, 2.45) is 38.2 Å². The van der Waals surface area contributed by atoms with Crippen LogP contribution in [-0.4, -0.2) is 17.5 Å². The number of aliphatic imine (C=N–C) groups is 2. The van der Waals surface area contributed by atoms with Crippen molar-refractivity contribution in [3.05, 3.63) is 203 Å². The molecule has 5 aromatic heterocycles. The number of aryl methyl sites for hydroxylation is 4. The van der Waals surface area contributed by atoms with Crippen LogP contribution in [0.15, 0.2) is 174 Å². The molecule has 4 aliphatic rings. The van der Waals surface area contributed by atoms with Gasteiger partial charge in [0.05, 0.1) is 17.1 Å². The molecule has 53 heavy (non-hydrogen) atoms. The Morgan fingerprint density at radius 2 is 0.981 bits per heavy atom. The normalized spacial score (nSPS) is 22.8. The maximum atomic E-state index is 5.47. The first kappa shape index (κ1) is 34.1. The van der Waals surface area contributed by atoms with Crippen LogP contribution in [0.3, 0.4) is 0 Å². The van der Waals surface area contributed by atoms with Crippen molar-refractivity contribution in [2.75, 3.05) is 0 Å². The Labute approximate surface area is 320 Å². The Kier molecular flexibility index (Phi) is 8.90. The van der Waals surface area contributed by atoms with Gasteiger partial charge in [-0.05, 0) is 63.3 Å². The Morgan fingerprint density at radius 3 is 1.53 bits per heavy atom. The summed E-state index contributed by atoms with van der Waals surface area (Å²) in [6.45, 7) is 0. The molecule has 0 N–H and O–H groups in total. The second-order valence-corrected chi connectivity index (χ2v) is 13.7. The number of aromatic nitrogens is 5. The van der Waals surface area contributed by atoms with Crippen molar-refractivity contribution >= 4 is 28.1 Å². The van der Waals surface area contributed by atoms with Crippen molar-refractivity contribution in [3.8, 4) is 0 Å². The summed E-state index contributed by atoms with van der Waals surface area (Å²) in [7, 11) is 8.13. The first-order valence-corrected chi connectivity index (χ1v) is 17.5. The van der Waals surface area contributed by atoms with Gasteiger partial charge in [0.25, 0.3) is 0 Å². The Balaban J connectivity index is 0.00000400. The van der Waals surface area contributed by atoms with Crippen LogP contribution in [0, 0.1) is 0 Å². The van der Waals surface area contributed by atoms with Gasteiger partial charge in [-0.1, -0.05) is 30.3 Å². The van der Waals surface area contributed by atoms with Gasteiger partial charge >= 0.3 is 17.1 Å². The molecule has 0 saturated carbocycles. The van der Waals surface area contributed by atoms with E-state index in [1.54, 1.807) is 0 Å². The quantitative estimate of drug-likeness (QED) is 0.190. The average Bonchev–Trinajstić information content (AvgIpc) is 3.99. The number of nitrogens with zero attached hydrogens (tertiary/aromatic N) is 8. The third-order valence-electron chi connectivity index (χ3n) is 10.0.